The first-order valence-electron chi connectivity index (χ1n) is 7.32. The van der Waals surface area contributed by atoms with Gasteiger partial charge in [-0.25, -0.2) is 0 Å². The Balaban J connectivity index is 2.18. The molecule has 0 radical (unpaired) electrons. The van der Waals surface area contributed by atoms with Crippen LogP contribution in [-0.2, 0) is 0 Å². The molecule has 0 N–H and O–H groups in total. The van der Waals surface area contributed by atoms with E-state index in [2.05, 4.69) is 44.7 Å². The van der Waals surface area contributed by atoms with Gasteiger partial charge in [0.1, 0.15) is 0 Å². The van der Waals surface area contributed by atoms with Crippen LogP contribution in [0.15, 0.2) is 24.3 Å². The third-order valence-electron chi connectivity index (χ3n) is 4.29. The van der Waals surface area contributed by atoms with Gasteiger partial charge in [0.15, 0.2) is 5.78 Å². The molecular formula is C17H25NO. The Morgan fingerprint density at radius 3 is 2.11 bits per heavy atom. The van der Waals surface area contributed by atoms with E-state index in [9.17, 15) is 4.79 Å². The molecule has 0 saturated carbocycles. The number of Topliss-reactive ketones (excluding diaryl/α,β-unsaturated/α-hetero) is 1. The van der Waals surface area contributed by atoms with Gasteiger partial charge in [-0.2, -0.15) is 0 Å². The van der Waals surface area contributed by atoms with E-state index in [0.29, 0.717) is 5.92 Å². The van der Waals surface area contributed by atoms with Crippen molar-refractivity contribution >= 4 is 5.78 Å². The topological polar surface area (TPSA) is 20.3 Å². The van der Waals surface area contributed by atoms with Gasteiger partial charge in [0.2, 0.25) is 0 Å². The first kappa shape index (κ1) is 14.3. The third kappa shape index (κ3) is 2.89. The maximum absolute atomic E-state index is 12.7. The Labute approximate surface area is 116 Å². The molecule has 104 valence electrons. The highest BCUT2D eigenvalue weighted by Crippen LogP contribution is 2.25. The fourth-order valence-electron chi connectivity index (χ4n) is 2.79. The van der Waals surface area contributed by atoms with Crippen LogP contribution in [0.4, 0.5) is 0 Å². The Morgan fingerprint density at radius 1 is 1.11 bits per heavy atom. The number of ketones is 1. The minimum Gasteiger partial charge on any atom is -0.292 e. The van der Waals surface area contributed by atoms with Crippen LogP contribution in [-0.4, -0.2) is 29.3 Å². The van der Waals surface area contributed by atoms with Crippen molar-refractivity contribution in [2.45, 2.75) is 52.0 Å². The fourth-order valence-corrected chi connectivity index (χ4v) is 2.79. The highest BCUT2D eigenvalue weighted by Gasteiger charge is 2.36. The number of benzene rings is 1. The van der Waals surface area contributed by atoms with E-state index < -0.39 is 0 Å². The van der Waals surface area contributed by atoms with E-state index in [0.717, 1.165) is 18.7 Å². The zero-order valence-corrected chi connectivity index (χ0v) is 12.6. The first-order chi connectivity index (χ1) is 8.93. The number of rotatable bonds is 4. The molecule has 0 unspecified atom stereocenters. The summed E-state index contributed by atoms with van der Waals surface area (Å²) < 4.78 is 0. The summed E-state index contributed by atoms with van der Waals surface area (Å²) in [6.07, 6.45) is 2.42. The van der Waals surface area contributed by atoms with Crippen molar-refractivity contribution in [2.24, 2.45) is 0 Å². The molecule has 2 rings (SSSR count). The van der Waals surface area contributed by atoms with E-state index in [4.69, 9.17) is 0 Å². The molecule has 1 aromatic rings. The summed E-state index contributed by atoms with van der Waals surface area (Å²) in [4.78, 5) is 15.0. The highest BCUT2D eigenvalue weighted by molar-refractivity contribution is 6.02. The molecule has 0 aromatic heterocycles. The van der Waals surface area contributed by atoms with Crippen LogP contribution in [0.25, 0.3) is 0 Å². The average molecular weight is 259 g/mol. The van der Waals surface area contributed by atoms with Crippen LogP contribution in [0.1, 0.15) is 62.4 Å². The number of hydrogen-bond acceptors (Lipinski definition) is 2. The molecule has 1 aliphatic heterocycles. The van der Waals surface area contributed by atoms with Gasteiger partial charge in [0.25, 0.3) is 0 Å². The SMILES string of the molecule is CC(C)c1ccc(C(=O)C(C)(C)N2CCCC2)cc1. The second kappa shape index (κ2) is 5.46. The van der Waals surface area contributed by atoms with Gasteiger partial charge in [-0.05, 0) is 51.3 Å². The number of nitrogens with zero attached hydrogens (tertiary/aromatic N) is 1. The molecule has 1 aliphatic rings. The second-order valence-corrected chi connectivity index (χ2v) is 6.36. The van der Waals surface area contributed by atoms with Crippen molar-refractivity contribution < 1.29 is 4.79 Å². The van der Waals surface area contributed by atoms with Crippen LogP contribution in [0.3, 0.4) is 0 Å². The summed E-state index contributed by atoms with van der Waals surface area (Å²) in [5.74, 6) is 0.750. The molecule has 0 atom stereocenters. The van der Waals surface area contributed by atoms with Crippen molar-refractivity contribution in [2.75, 3.05) is 13.1 Å². The van der Waals surface area contributed by atoms with E-state index in [-0.39, 0.29) is 11.3 Å². The predicted molar refractivity (Wildman–Crippen MR) is 79.7 cm³/mol. The predicted octanol–water partition coefficient (Wildman–Crippen LogP) is 3.87. The van der Waals surface area contributed by atoms with Crippen LogP contribution >= 0.6 is 0 Å². The molecule has 1 fully saturated rings. The van der Waals surface area contributed by atoms with Gasteiger partial charge in [-0.3, -0.25) is 9.69 Å². The summed E-state index contributed by atoms with van der Waals surface area (Å²) in [5.41, 5.74) is 1.74. The lowest BCUT2D eigenvalue weighted by Gasteiger charge is -2.34. The third-order valence-corrected chi connectivity index (χ3v) is 4.29. The highest BCUT2D eigenvalue weighted by atomic mass is 16.1. The van der Waals surface area contributed by atoms with Gasteiger partial charge in [0.05, 0.1) is 5.54 Å². The number of hydrogen-bond donors (Lipinski definition) is 0. The number of likely N-dealkylation sites (tertiary alicyclic amines) is 1. The monoisotopic (exact) mass is 259 g/mol. The lowest BCUT2D eigenvalue weighted by atomic mass is 9.90. The summed E-state index contributed by atoms with van der Waals surface area (Å²) in [6.45, 7) is 10.5. The summed E-state index contributed by atoms with van der Waals surface area (Å²) in [7, 11) is 0. The lowest BCUT2D eigenvalue weighted by Crippen LogP contribution is -2.48. The Kier molecular flexibility index (Phi) is 4.10. The Hall–Kier alpha value is -1.15. The maximum Gasteiger partial charge on any atom is 0.182 e. The Morgan fingerprint density at radius 2 is 1.63 bits per heavy atom. The minimum atomic E-state index is -0.379. The Bertz CT molecular complexity index is 439. The standard InChI is InChI=1S/C17H25NO/c1-13(2)14-7-9-15(10-8-14)16(19)17(3,4)18-11-5-6-12-18/h7-10,13H,5-6,11-12H2,1-4H3. The summed E-state index contributed by atoms with van der Waals surface area (Å²) in [6, 6.07) is 8.13. The number of carbonyl (C=O) groups is 1. The second-order valence-electron chi connectivity index (χ2n) is 6.36. The van der Waals surface area contributed by atoms with Crippen LogP contribution in [0, 0.1) is 0 Å². The largest absolute Gasteiger partial charge is 0.292 e. The van der Waals surface area contributed by atoms with Crippen LogP contribution in [0.5, 0.6) is 0 Å². The molecule has 0 amide bonds. The lowest BCUT2D eigenvalue weighted by molar-refractivity contribution is 0.0702. The molecule has 0 spiro atoms. The molecule has 0 aliphatic carbocycles. The van der Waals surface area contributed by atoms with Crippen molar-refractivity contribution in [3.05, 3.63) is 35.4 Å². The van der Waals surface area contributed by atoms with Crippen molar-refractivity contribution in [3.63, 3.8) is 0 Å². The van der Waals surface area contributed by atoms with E-state index in [1.54, 1.807) is 0 Å². The van der Waals surface area contributed by atoms with E-state index in [1.165, 1.54) is 18.4 Å². The first-order valence-corrected chi connectivity index (χ1v) is 7.32. The molecule has 1 aromatic carbocycles. The van der Waals surface area contributed by atoms with Gasteiger partial charge in [-0.1, -0.05) is 38.1 Å². The maximum atomic E-state index is 12.7. The molecular weight excluding hydrogens is 234 g/mol. The van der Waals surface area contributed by atoms with Gasteiger partial charge in [-0.15, -0.1) is 0 Å². The minimum absolute atomic E-state index is 0.240. The molecule has 2 heteroatoms. The van der Waals surface area contributed by atoms with E-state index in [1.807, 2.05) is 12.1 Å². The average Bonchev–Trinajstić information content (AvgIpc) is 2.92. The fraction of sp³-hybridized carbons (Fsp3) is 0.588. The zero-order valence-electron chi connectivity index (χ0n) is 12.6. The van der Waals surface area contributed by atoms with Gasteiger partial charge < -0.3 is 0 Å². The molecule has 0 bridgehead atoms. The van der Waals surface area contributed by atoms with Crippen molar-refractivity contribution in [1.82, 2.24) is 4.90 Å². The molecule has 19 heavy (non-hydrogen) atoms. The van der Waals surface area contributed by atoms with Crippen molar-refractivity contribution in [1.29, 1.82) is 0 Å². The van der Waals surface area contributed by atoms with Gasteiger partial charge in [0, 0.05) is 5.56 Å². The molecule has 1 saturated heterocycles. The molecule has 1 heterocycles. The number of carbonyl (C=O) groups excluding carboxylic acids is 1. The molecule has 2 nitrogen and oxygen atoms in total. The van der Waals surface area contributed by atoms with Gasteiger partial charge >= 0.3 is 0 Å². The van der Waals surface area contributed by atoms with E-state index >= 15 is 0 Å². The van der Waals surface area contributed by atoms with Crippen molar-refractivity contribution in [3.8, 4) is 0 Å². The van der Waals surface area contributed by atoms with Crippen LogP contribution in [0.2, 0.25) is 0 Å². The summed E-state index contributed by atoms with van der Waals surface area (Å²) >= 11 is 0. The summed E-state index contributed by atoms with van der Waals surface area (Å²) in [5, 5.41) is 0. The smallest absolute Gasteiger partial charge is 0.182 e. The normalized spacial score (nSPS) is 17.1. The van der Waals surface area contributed by atoms with Crippen LogP contribution < -0.4 is 0 Å². The zero-order chi connectivity index (χ0) is 14.0. The quantitative estimate of drug-likeness (QED) is 0.765.